The lowest BCUT2D eigenvalue weighted by atomic mass is 10.0. The van der Waals surface area contributed by atoms with Crippen LogP contribution in [0.25, 0.3) is 0 Å². The fourth-order valence-corrected chi connectivity index (χ4v) is 4.90. The van der Waals surface area contributed by atoms with Crippen LogP contribution in [0.2, 0.25) is 5.02 Å². The van der Waals surface area contributed by atoms with Gasteiger partial charge in [0.15, 0.2) is 0 Å². The van der Waals surface area contributed by atoms with Gasteiger partial charge in [-0.1, -0.05) is 11.6 Å². The lowest BCUT2D eigenvalue weighted by Crippen LogP contribution is -2.27. The summed E-state index contributed by atoms with van der Waals surface area (Å²) in [4.78, 5) is 28.4. The van der Waals surface area contributed by atoms with Gasteiger partial charge in [0.05, 0.1) is 11.3 Å². The van der Waals surface area contributed by atoms with Crippen LogP contribution in [0.5, 0.6) is 0 Å². The van der Waals surface area contributed by atoms with Crippen molar-refractivity contribution in [3.63, 3.8) is 0 Å². The van der Waals surface area contributed by atoms with E-state index in [9.17, 15) is 9.59 Å². The Morgan fingerprint density at radius 3 is 2.76 bits per heavy atom. The number of nitrogens with zero attached hydrogens (tertiary/aromatic N) is 1. The molecule has 8 heteroatoms. The number of nitrogens with two attached hydrogens (primary N) is 1. The topological polar surface area (TPSA) is 75.4 Å². The summed E-state index contributed by atoms with van der Waals surface area (Å²) in [5, 5.41) is 4.08. The van der Waals surface area contributed by atoms with Crippen molar-refractivity contribution in [2.75, 3.05) is 24.7 Å². The molecule has 1 aromatic heterocycles. The number of halogens is 1. The Labute approximate surface area is 159 Å². The van der Waals surface area contributed by atoms with Crippen LogP contribution >= 0.6 is 34.7 Å². The van der Waals surface area contributed by atoms with Crippen LogP contribution in [0.3, 0.4) is 0 Å². The standard InChI is InChI=1S/C17H18ClN3O2S2/c1-21-7-6-12-13(8-21)25-17(15(12)16(19)23)20-14(22)9-24-11-4-2-10(18)3-5-11/h2-5H,6-9H2,1H3,(H2,19,23)(H,20,22). The molecule has 1 aliphatic heterocycles. The highest BCUT2D eigenvalue weighted by Gasteiger charge is 2.26. The number of hydrogen-bond acceptors (Lipinski definition) is 5. The molecule has 2 amide bonds. The van der Waals surface area contributed by atoms with Crippen molar-refractivity contribution in [3.8, 4) is 0 Å². The molecule has 25 heavy (non-hydrogen) atoms. The Kier molecular flexibility index (Phi) is 5.68. The number of fused-ring (bicyclic) bond motifs is 1. The molecular formula is C17H18ClN3O2S2. The number of amides is 2. The van der Waals surface area contributed by atoms with Gasteiger partial charge in [0.2, 0.25) is 5.91 Å². The molecule has 5 nitrogen and oxygen atoms in total. The maximum atomic E-state index is 12.3. The number of anilines is 1. The highest BCUT2D eigenvalue weighted by Crippen LogP contribution is 2.36. The number of carbonyl (C=O) groups excluding carboxylic acids is 2. The number of hydrogen-bond donors (Lipinski definition) is 2. The molecule has 3 N–H and O–H groups in total. The van der Waals surface area contributed by atoms with Crippen molar-refractivity contribution in [1.29, 1.82) is 0 Å². The van der Waals surface area contributed by atoms with E-state index in [-0.39, 0.29) is 11.7 Å². The van der Waals surface area contributed by atoms with E-state index in [1.807, 2.05) is 19.2 Å². The Hall–Kier alpha value is -1.54. The molecule has 0 saturated carbocycles. The first-order valence-electron chi connectivity index (χ1n) is 7.75. The van der Waals surface area contributed by atoms with Crippen molar-refractivity contribution in [2.45, 2.75) is 17.9 Å². The number of rotatable bonds is 5. The molecule has 0 radical (unpaired) electrons. The molecule has 0 unspecified atom stereocenters. The van der Waals surface area contributed by atoms with E-state index in [0.717, 1.165) is 34.8 Å². The lowest BCUT2D eigenvalue weighted by molar-refractivity contribution is -0.113. The number of carbonyl (C=O) groups is 2. The molecule has 2 aromatic rings. The number of nitrogens with one attached hydrogen (secondary N) is 1. The van der Waals surface area contributed by atoms with Crippen LogP contribution in [0.4, 0.5) is 5.00 Å². The lowest BCUT2D eigenvalue weighted by Gasteiger charge is -2.22. The van der Waals surface area contributed by atoms with Gasteiger partial charge in [-0.25, -0.2) is 0 Å². The second kappa shape index (κ2) is 7.78. The van der Waals surface area contributed by atoms with E-state index in [0.29, 0.717) is 15.6 Å². The van der Waals surface area contributed by atoms with Gasteiger partial charge in [0.25, 0.3) is 5.91 Å². The Morgan fingerprint density at radius 1 is 1.36 bits per heavy atom. The van der Waals surface area contributed by atoms with E-state index in [1.165, 1.54) is 23.1 Å². The predicted octanol–water partition coefficient (Wildman–Crippen LogP) is 3.22. The number of primary amides is 1. The third-order valence-corrected chi connectivity index (χ3v) is 6.33. The van der Waals surface area contributed by atoms with Gasteiger partial charge in [0.1, 0.15) is 5.00 Å². The molecule has 3 rings (SSSR count). The molecule has 0 saturated heterocycles. The summed E-state index contributed by atoms with van der Waals surface area (Å²) in [6.45, 7) is 1.65. The fourth-order valence-electron chi connectivity index (χ4n) is 2.72. The third kappa shape index (κ3) is 4.36. The van der Waals surface area contributed by atoms with Crippen molar-refractivity contribution in [3.05, 3.63) is 45.3 Å². The Bertz CT molecular complexity index is 805. The van der Waals surface area contributed by atoms with Crippen LogP contribution in [0.15, 0.2) is 29.2 Å². The smallest absolute Gasteiger partial charge is 0.251 e. The van der Waals surface area contributed by atoms with E-state index in [4.69, 9.17) is 17.3 Å². The largest absolute Gasteiger partial charge is 0.365 e. The zero-order chi connectivity index (χ0) is 18.0. The summed E-state index contributed by atoms with van der Waals surface area (Å²) in [6, 6.07) is 7.32. The molecule has 0 aliphatic carbocycles. The van der Waals surface area contributed by atoms with Crippen LogP contribution in [-0.2, 0) is 17.8 Å². The average Bonchev–Trinajstić information content (AvgIpc) is 2.91. The van der Waals surface area contributed by atoms with E-state index in [1.54, 1.807) is 12.1 Å². The Balaban J connectivity index is 1.70. The van der Waals surface area contributed by atoms with Crippen LogP contribution in [0, 0.1) is 0 Å². The van der Waals surface area contributed by atoms with Gasteiger partial charge >= 0.3 is 0 Å². The monoisotopic (exact) mass is 395 g/mol. The maximum Gasteiger partial charge on any atom is 0.251 e. The first kappa shape index (κ1) is 18.3. The van der Waals surface area contributed by atoms with Crippen molar-refractivity contribution >= 4 is 51.5 Å². The summed E-state index contributed by atoms with van der Waals surface area (Å²) in [5.41, 5.74) is 7.01. The summed E-state index contributed by atoms with van der Waals surface area (Å²) in [5.74, 6) is -0.389. The van der Waals surface area contributed by atoms with Gasteiger partial charge < -0.3 is 16.0 Å². The molecule has 1 aliphatic rings. The van der Waals surface area contributed by atoms with Crippen LogP contribution in [0.1, 0.15) is 20.8 Å². The van der Waals surface area contributed by atoms with E-state index >= 15 is 0 Å². The summed E-state index contributed by atoms with van der Waals surface area (Å²) in [6.07, 6.45) is 0.774. The zero-order valence-corrected chi connectivity index (χ0v) is 16.1. The van der Waals surface area contributed by atoms with Gasteiger partial charge in [-0.2, -0.15) is 0 Å². The third-order valence-electron chi connectivity index (χ3n) is 3.93. The molecule has 1 aromatic carbocycles. The first-order valence-corrected chi connectivity index (χ1v) is 9.93. The van der Waals surface area contributed by atoms with Crippen LogP contribution in [-0.4, -0.2) is 36.1 Å². The quantitative estimate of drug-likeness (QED) is 0.762. The van der Waals surface area contributed by atoms with Crippen molar-refractivity contribution < 1.29 is 9.59 Å². The molecule has 0 fully saturated rings. The van der Waals surface area contributed by atoms with Gasteiger partial charge in [-0.15, -0.1) is 23.1 Å². The number of benzene rings is 1. The summed E-state index contributed by atoms with van der Waals surface area (Å²) in [7, 11) is 2.04. The van der Waals surface area contributed by atoms with Gasteiger partial charge in [-0.05, 0) is 43.3 Å². The Morgan fingerprint density at radius 2 is 2.08 bits per heavy atom. The summed E-state index contributed by atoms with van der Waals surface area (Å²) >= 11 is 8.71. The second-order valence-electron chi connectivity index (χ2n) is 5.85. The van der Waals surface area contributed by atoms with Crippen molar-refractivity contribution in [1.82, 2.24) is 4.90 Å². The molecule has 132 valence electrons. The number of likely N-dealkylation sites (N-methyl/N-ethyl adjacent to an activating group) is 1. The minimum atomic E-state index is -0.484. The highest BCUT2D eigenvalue weighted by molar-refractivity contribution is 8.00. The van der Waals surface area contributed by atoms with Crippen LogP contribution < -0.4 is 11.1 Å². The minimum absolute atomic E-state index is 0.158. The van der Waals surface area contributed by atoms with E-state index < -0.39 is 5.91 Å². The predicted molar refractivity (Wildman–Crippen MR) is 104 cm³/mol. The SMILES string of the molecule is CN1CCc2c(sc(NC(=O)CSc3ccc(Cl)cc3)c2C(N)=O)C1. The average molecular weight is 396 g/mol. The molecular weight excluding hydrogens is 378 g/mol. The molecule has 0 bridgehead atoms. The maximum absolute atomic E-state index is 12.3. The molecule has 2 heterocycles. The van der Waals surface area contributed by atoms with E-state index in [2.05, 4.69) is 10.2 Å². The fraction of sp³-hybridized carbons (Fsp3) is 0.294. The van der Waals surface area contributed by atoms with Crippen molar-refractivity contribution in [2.24, 2.45) is 5.73 Å². The minimum Gasteiger partial charge on any atom is -0.365 e. The molecule has 0 atom stereocenters. The van der Waals surface area contributed by atoms with Gasteiger partial charge in [0, 0.05) is 27.9 Å². The number of thiophene rings is 1. The number of thioether (sulfide) groups is 1. The second-order valence-corrected chi connectivity index (χ2v) is 8.44. The normalized spacial score (nSPS) is 14.2. The van der Waals surface area contributed by atoms with Gasteiger partial charge in [-0.3, -0.25) is 9.59 Å². The summed E-state index contributed by atoms with van der Waals surface area (Å²) < 4.78 is 0. The molecule has 0 spiro atoms. The first-order chi connectivity index (χ1) is 11.9. The zero-order valence-electron chi connectivity index (χ0n) is 13.7. The highest BCUT2D eigenvalue weighted by atomic mass is 35.5.